The van der Waals surface area contributed by atoms with Gasteiger partial charge in [-0.1, -0.05) is 48.0 Å². The van der Waals surface area contributed by atoms with Crippen molar-refractivity contribution in [3.63, 3.8) is 0 Å². The minimum absolute atomic E-state index is 0.148. The average molecular weight is 615 g/mol. The number of carboxylic acids is 1. The van der Waals surface area contributed by atoms with Crippen LogP contribution in [0.5, 0.6) is 5.75 Å². The average Bonchev–Trinajstić information content (AvgIpc) is 3.47. The van der Waals surface area contributed by atoms with Gasteiger partial charge in [0.05, 0.1) is 24.0 Å². The van der Waals surface area contributed by atoms with Crippen LogP contribution in [0.3, 0.4) is 0 Å². The molecule has 1 aliphatic heterocycles. The molecule has 9 nitrogen and oxygen atoms in total. The number of aromatic nitrogens is 3. The summed E-state index contributed by atoms with van der Waals surface area (Å²) in [6, 6.07) is 17.2. The normalized spacial score (nSPS) is 15.3. The molecule has 0 spiro atoms. The molecule has 1 N–H and O–H groups in total. The van der Waals surface area contributed by atoms with Crippen LogP contribution >= 0.6 is 11.6 Å². The van der Waals surface area contributed by atoms with Crippen LogP contribution in [0.4, 0.5) is 18.0 Å². The van der Waals surface area contributed by atoms with Crippen molar-refractivity contribution in [3.05, 3.63) is 94.3 Å². The van der Waals surface area contributed by atoms with E-state index in [0.29, 0.717) is 29.5 Å². The molecule has 1 fully saturated rings. The Balaban J connectivity index is 1.37. The molecular formula is C30H26ClF3N4O5. The van der Waals surface area contributed by atoms with Crippen LogP contribution in [0, 0.1) is 0 Å². The van der Waals surface area contributed by atoms with Crippen molar-refractivity contribution in [2.45, 2.75) is 31.5 Å². The number of ether oxygens (including phenoxy) is 2. The summed E-state index contributed by atoms with van der Waals surface area (Å²) in [6.45, 7) is 1.40. The van der Waals surface area contributed by atoms with Crippen molar-refractivity contribution >= 4 is 23.7 Å². The van der Waals surface area contributed by atoms with Crippen LogP contribution in [0.2, 0.25) is 5.02 Å². The number of halogens is 4. The van der Waals surface area contributed by atoms with Crippen molar-refractivity contribution in [1.82, 2.24) is 19.7 Å². The Morgan fingerprint density at radius 1 is 1.09 bits per heavy atom. The van der Waals surface area contributed by atoms with E-state index in [1.807, 2.05) is 24.3 Å². The maximum absolute atomic E-state index is 13.8. The minimum Gasteiger partial charge on any atom is -0.487 e. The number of pyridine rings is 1. The molecule has 1 amide bonds. The number of para-hydroxylation sites is 1. The van der Waals surface area contributed by atoms with Gasteiger partial charge in [-0.15, -0.1) is 0 Å². The van der Waals surface area contributed by atoms with Crippen molar-refractivity contribution in [2.75, 3.05) is 20.2 Å². The molecule has 43 heavy (non-hydrogen) atoms. The highest BCUT2D eigenvalue weighted by Gasteiger charge is 2.41. The number of methoxy groups -OCH3 is 1. The summed E-state index contributed by atoms with van der Waals surface area (Å²) in [5.74, 6) is -1.51. The number of alkyl halides is 3. The van der Waals surface area contributed by atoms with Gasteiger partial charge in [0.25, 0.3) is 0 Å². The van der Waals surface area contributed by atoms with Crippen LogP contribution in [-0.2, 0) is 17.5 Å². The summed E-state index contributed by atoms with van der Waals surface area (Å²) in [4.78, 5) is 29.4. The Morgan fingerprint density at radius 3 is 2.53 bits per heavy atom. The fraction of sp³-hybridized carbons (Fsp3) is 0.267. The first-order valence-electron chi connectivity index (χ1n) is 13.3. The summed E-state index contributed by atoms with van der Waals surface area (Å²) >= 11 is 6.48. The van der Waals surface area contributed by atoms with Gasteiger partial charge < -0.3 is 19.5 Å². The number of hydrogen-bond donors (Lipinski definition) is 1. The molecule has 0 radical (unpaired) electrons. The first-order valence-corrected chi connectivity index (χ1v) is 13.6. The summed E-state index contributed by atoms with van der Waals surface area (Å²) in [5.41, 5.74) is 0.196. The third-order valence-electron chi connectivity index (χ3n) is 7.15. The minimum atomic E-state index is -4.99. The second-order valence-electron chi connectivity index (χ2n) is 9.90. The predicted molar refractivity (Wildman–Crippen MR) is 150 cm³/mol. The lowest BCUT2D eigenvalue weighted by Crippen LogP contribution is -2.38. The number of carboxylic acid groups (broad SMARTS) is 1. The lowest BCUT2D eigenvalue weighted by molar-refractivity contribution is -0.143. The molecule has 1 atom stereocenters. The Labute approximate surface area is 249 Å². The molecule has 224 valence electrons. The number of hydrogen-bond acceptors (Lipinski definition) is 6. The quantitative estimate of drug-likeness (QED) is 0.243. The van der Waals surface area contributed by atoms with E-state index < -0.39 is 23.4 Å². The molecule has 0 bridgehead atoms. The molecule has 5 rings (SSSR count). The molecule has 3 heterocycles. The molecule has 4 aromatic rings. The number of aromatic carboxylic acids is 1. The fourth-order valence-electron chi connectivity index (χ4n) is 5.09. The van der Waals surface area contributed by atoms with Crippen LogP contribution < -0.4 is 4.74 Å². The standard InChI is InChI=1S/C30H26ClF3N4O5/c1-42-29(41)37-14-4-5-20(16-37)19-12-10-18(11-13-19)17-43-26-21(6-2-7-23(26)31)24-8-3-9-25(36-24)38-27(30(32,33)34)22(15-35-38)28(39)40/h2-3,6-13,15,20H,4-5,14,16-17H2,1H3,(H,39,40). The second-order valence-corrected chi connectivity index (χ2v) is 10.3. The first kappa shape index (κ1) is 29.9. The predicted octanol–water partition coefficient (Wildman–Crippen LogP) is 6.83. The summed E-state index contributed by atoms with van der Waals surface area (Å²) in [7, 11) is 1.37. The number of benzene rings is 2. The van der Waals surface area contributed by atoms with Crippen molar-refractivity contribution in [1.29, 1.82) is 0 Å². The second kappa shape index (κ2) is 12.3. The van der Waals surface area contributed by atoms with Gasteiger partial charge in [0.15, 0.2) is 11.5 Å². The number of likely N-dealkylation sites (tertiary alicyclic amines) is 1. The largest absolute Gasteiger partial charge is 0.487 e. The van der Waals surface area contributed by atoms with Crippen LogP contribution in [0.1, 0.15) is 45.9 Å². The zero-order valence-electron chi connectivity index (χ0n) is 22.8. The van der Waals surface area contributed by atoms with Gasteiger partial charge in [-0.05, 0) is 48.2 Å². The smallest absolute Gasteiger partial charge is 0.434 e. The summed E-state index contributed by atoms with van der Waals surface area (Å²) in [6.07, 6.45) is -2.84. The van der Waals surface area contributed by atoms with Crippen LogP contribution in [0.15, 0.2) is 66.9 Å². The molecular weight excluding hydrogens is 589 g/mol. The number of amides is 1. The van der Waals surface area contributed by atoms with Crippen LogP contribution in [-0.4, -0.2) is 57.0 Å². The van der Waals surface area contributed by atoms with E-state index in [4.69, 9.17) is 21.1 Å². The SMILES string of the molecule is COC(=O)N1CCCC(c2ccc(COc3c(Cl)cccc3-c3cccc(-n4ncc(C(=O)O)c4C(F)(F)F)n3)cc2)C1. The highest BCUT2D eigenvalue weighted by molar-refractivity contribution is 6.32. The molecule has 1 unspecified atom stereocenters. The van der Waals surface area contributed by atoms with Crippen molar-refractivity contribution < 1.29 is 37.3 Å². The van der Waals surface area contributed by atoms with Crippen LogP contribution in [0.25, 0.3) is 17.1 Å². The zero-order valence-corrected chi connectivity index (χ0v) is 23.6. The van der Waals surface area contributed by atoms with Gasteiger partial charge in [0, 0.05) is 24.6 Å². The molecule has 0 aliphatic carbocycles. The topological polar surface area (TPSA) is 107 Å². The number of piperidine rings is 1. The van der Waals surface area contributed by atoms with Gasteiger partial charge in [0.1, 0.15) is 17.9 Å². The Bertz CT molecular complexity index is 1640. The van der Waals surface area contributed by atoms with Gasteiger partial charge in [-0.25, -0.2) is 19.3 Å². The van der Waals surface area contributed by atoms with E-state index in [2.05, 4.69) is 10.1 Å². The van der Waals surface area contributed by atoms with Gasteiger partial charge in [-0.3, -0.25) is 0 Å². The maximum Gasteiger partial charge on any atom is 0.434 e. The van der Waals surface area contributed by atoms with Crippen molar-refractivity contribution in [3.8, 4) is 22.8 Å². The molecule has 1 aliphatic rings. The van der Waals surface area contributed by atoms with Gasteiger partial charge >= 0.3 is 18.2 Å². The Hall–Kier alpha value is -4.58. The number of carbonyl (C=O) groups excluding carboxylic acids is 1. The lowest BCUT2D eigenvalue weighted by atomic mass is 9.90. The first-order chi connectivity index (χ1) is 20.6. The molecule has 13 heteroatoms. The van der Waals surface area contributed by atoms with E-state index in [0.717, 1.165) is 24.0 Å². The van der Waals surface area contributed by atoms with Gasteiger partial charge in [-0.2, -0.15) is 18.3 Å². The Kier molecular flexibility index (Phi) is 8.58. The maximum atomic E-state index is 13.8. The number of carbonyl (C=O) groups is 2. The summed E-state index contributed by atoms with van der Waals surface area (Å²) < 4.78 is 52.7. The van der Waals surface area contributed by atoms with E-state index in [9.17, 15) is 27.9 Å². The monoisotopic (exact) mass is 614 g/mol. The van der Waals surface area contributed by atoms with Crippen molar-refractivity contribution in [2.24, 2.45) is 0 Å². The molecule has 2 aromatic carbocycles. The number of nitrogens with zero attached hydrogens (tertiary/aromatic N) is 4. The summed E-state index contributed by atoms with van der Waals surface area (Å²) in [5, 5.41) is 13.2. The molecule has 2 aromatic heterocycles. The van der Waals surface area contributed by atoms with Gasteiger partial charge in [0.2, 0.25) is 0 Å². The fourth-order valence-corrected chi connectivity index (χ4v) is 5.31. The van der Waals surface area contributed by atoms with E-state index in [1.54, 1.807) is 29.2 Å². The van der Waals surface area contributed by atoms with E-state index >= 15 is 0 Å². The highest BCUT2D eigenvalue weighted by atomic mass is 35.5. The molecule has 0 saturated carbocycles. The molecule has 1 saturated heterocycles. The third kappa shape index (κ3) is 6.43. The number of rotatable bonds is 7. The Morgan fingerprint density at radius 2 is 1.84 bits per heavy atom. The zero-order chi connectivity index (χ0) is 30.7. The lowest BCUT2D eigenvalue weighted by Gasteiger charge is -2.32. The third-order valence-corrected chi connectivity index (χ3v) is 7.45. The van der Waals surface area contributed by atoms with E-state index in [1.165, 1.54) is 19.2 Å². The highest BCUT2D eigenvalue weighted by Crippen LogP contribution is 2.38. The van der Waals surface area contributed by atoms with E-state index in [-0.39, 0.29) is 40.9 Å².